The zero-order valence-electron chi connectivity index (χ0n) is 17.7. The molecule has 0 amide bonds. The van der Waals surface area contributed by atoms with E-state index in [2.05, 4.69) is 48.0 Å². The van der Waals surface area contributed by atoms with E-state index in [9.17, 15) is 0 Å². The number of nitrogens with one attached hydrogen (secondary N) is 1. The van der Waals surface area contributed by atoms with Gasteiger partial charge in [-0.05, 0) is 97.8 Å². The number of rotatable bonds is 8. The predicted octanol–water partition coefficient (Wildman–Crippen LogP) is 6.03. The second-order valence-corrected chi connectivity index (χ2v) is 10.8. The molecular formula is C25H33NO2S. The summed E-state index contributed by atoms with van der Waals surface area (Å²) in [5, 5.41) is 5.97. The summed E-state index contributed by atoms with van der Waals surface area (Å²) in [5.41, 5.74) is 1.81. The first-order valence-corrected chi connectivity index (χ1v) is 12.1. The fraction of sp³-hybridized carbons (Fsp3) is 0.600. The maximum absolute atomic E-state index is 5.98. The minimum absolute atomic E-state index is 0.544. The molecule has 0 radical (unpaired) electrons. The lowest BCUT2D eigenvalue weighted by molar-refractivity contribution is -0.0706. The normalized spacial score (nSPS) is 31.0. The van der Waals surface area contributed by atoms with Crippen LogP contribution in [0.2, 0.25) is 0 Å². The molecule has 4 heteroatoms. The molecular weight excluding hydrogens is 378 g/mol. The molecule has 1 heterocycles. The molecule has 1 aromatic heterocycles. The first-order valence-electron chi connectivity index (χ1n) is 11.2. The second kappa shape index (κ2) is 7.96. The standard InChI is InChI=1S/C25H33NO2S/c1-17(25-12-19-8-20(13-25)10-21(9-19)14-25)26-15-18-5-6-23(24(11-18)27-2)28-16-22-4-3-7-29-22/h3-7,11,17,19-21,26H,8-10,12-16H2,1-2H3/t17-,19?,20?,21?,25?/m1/s1. The Morgan fingerprint density at radius 3 is 2.41 bits per heavy atom. The van der Waals surface area contributed by atoms with Crippen molar-refractivity contribution in [1.29, 1.82) is 0 Å². The van der Waals surface area contributed by atoms with Crippen LogP contribution in [0, 0.1) is 23.2 Å². The van der Waals surface area contributed by atoms with Gasteiger partial charge in [0.05, 0.1) is 7.11 Å². The molecule has 0 aliphatic heterocycles. The van der Waals surface area contributed by atoms with Crippen LogP contribution in [-0.2, 0) is 13.2 Å². The molecule has 4 aliphatic carbocycles. The van der Waals surface area contributed by atoms with Gasteiger partial charge in [-0.3, -0.25) is 0 Å². The van der Waals surface area contributed by atoms with Crippen LogP contribution in [0.15, 0.2) is 35.7 Å². The Labute approximate surface area is 178 Å². The van der Waals surface area contributed by atoms with Crippen molar-refractivity contribution >= 4 is 11.3 Å². The average molecular weight is 412 g/mol. The molecule has 4 bridgehead atoms. The van der Waals surface area contributed by atoms with Crippen molar-refractivity contribution in [3.05, 3.63) is 46.2 Å². The minimum Gasteiger partial charge on any atom is -0.493 e. The molecule has 0 saturated heterocycles. The summed E-state index contributed by atoms with van der Waals surface area (Å²) >= 11 is 1.72. The van der Waals surface area contributed by atoms with Crippen molar-refractivity contribution in [2.24, 2.45) is 23.2 Å². The number of thiophene rings is 1. The van der Waals surface area contributed by atoms with Gasteiger partial charge in [0.2, 0.25) is 0 Å². The highest BCUT2D eigenvalue weighted by Crippen LogP contribution is 2.61. The molecule has 1 atom stereocenters. The maximum Gasteiger partial charge on any atom is 0.161 e. The Morgan fingerprint density at radius 2 is 1.79 bits per heavy atom. The molecule has 1 N–H and O–H groups in total. The van der Waals surface area contributed by atoms with Gasteiger partial charge in [-0.15, -0.1) is 11.3 Å². The van der Waals surface area contributed by atoms with Gasteiger partial charge in [0.25, 0.3) is 0 Å². The third-order valence-electron chi connectivity index (χ3n) is 7.79. The van der Waals surface area contributed by atoms with Gasteiger partial charge in [-0.1, -0.05) is 12.1 Å². The molecule has 3 nitrogen and oxygen atoms in total. The van der Waals surface area contributed by atoms with Crippen molar-refractivity contribution < 1.29 is 9.47 Å². The summed E-state index contributed by atoms with van der Waals surface area (Å²) in [7, 11) is 1.72. The van der Waals surface area contributed by atoms with Crippen molar-refractivity contribution in [2.45, 2.75) is 64.6 Å². The van der Waals surface area contributed by atoms with Crippen LogP contribution in [-0.4, -0.2) is 13.2 Å². The lowest BCUT2D eigenvalue weighted by Gasteiger charge is -2.59. The topological polar surface area (TPSA) is 30.5 Å². The molecule has 4 aliphatic rings. The van der Waals surface area contributed by atoms with Crippen LogP contribution in [0.1, 0.15) is 55.9 Å². The average Bonchev–Trinajstić information content (AvgIpc) is 3.23. The summed E-state index contributed by atoms with van der Waals surface area (Å²) < 4.78 is 11.6. The van der Waals surface area contributed by atoms with Gasteiger partial charge in [-0.2, -0.15) is 0 Å². The number of ether oxygens (including phenoxy) is 2. The van der Waals surface area contributed by atoms with E-state index in [1.165, 1.54) is 49.0 Å². The van der Waals surface area contributed by atoms with Crippen LogP contribution >= 0.6 is 11.3 Å². The van der Waals surface area contributed by atoms with Gasteiger partial charge < -0.3 is 14.8 Å². The third kappa shape index (κ3) is 3.94. The van der Waals surface area contributed by atoms with Gasteiger partial charge in [0.15, 0.2) is 11.5 Å². The second-order valence-electron chi connectivity index (χ2n) is 9.74. The van der Waals surface area contributed by atoms with E-state index < -0.39 is 0 Å². The van der Waals surface area contributed by atoms with Crippen molar-refractivity contribution in [3.63, 3.8) is 0 Å². The van der Waals surface area contributed by atoms with Crippen LogP contribution in [0.5, 0.6) is 11.5 Å². The number of hydrogen-bond acceptors (Lipinski definition) is 4. The molecule has 4 fully saturated rings. The van der Waals surface area contributed by atoms with Gasteiger partial charge >= 0.3 is 0 Å². The Hall–Kier alpha value is -1.52. The van der Waals surface area contributed by atoms with Crippen molar-refractivity contribution in [2.75, 3.05) is 7.11 Å². The number of methoxy groups -OCH3 is 1. The third-order valence-corrected chi connectivity index (χ3v) is 8.64. The smallest absolute Gasteiger partial charge is 0.161 e. The fourth-order valence-electron chi connectivity index (χ4n) is 6.68. The molecule has 0 unspecified atom stereocenters. The molecule has 6 rings (SSSR count). The van der Waals surface area contributed by atoms with E-state index in [1.54, 1.807) is 18.4 Å². The summed E-state index contributed by atoms with van der Waals surface area (Å²) in [5.74, 6) is 4.66. The molecule has 29 heavy (non-hydrogen) atoms. The first-order chi connectivity index (χ1) is 14.1. The SMILES string of the molecule is COc1cc(CN[C@H](C)C23CC4CC(CC(C4)C2)C3)ccc1OCc1cccs1. The summed E-state index contributed by atoms with van der Waals surface area (Å²) in [6, 6.07) is 11.1. The summed E-state index contributed by atoms with van der Waals surface area (Å²) in [4.78, 5) is 1.22. The first kappa shape index (κ1) is 19.4. The van der Waals surface area contributed by atoms with E-state index >= 15 is 0 Å². The molecule has 0 spiro atoms. The highest BCUT2D eigenvalue weighted by atomic mass is 32.1. The zero-order valence-corrected chi connectivity index (χ0v) is 18.5. The van der Waals surface area contributed by atoms with Crippen molar-refractivity contribution in [3.8, 4) is 11.5 Å². The van der Waals surface area contributed by atoms with E-state index in [1.807, 2.05) is 0 Å². The summed E-state index contributed by atoms with van der Waals surface area (Å²) in [6.45, 7) is 3.92. The highest BCUT2D eigenvalue weighted by Gasteiger charge is 2.52. The predicted molar refractivity (Wildman–Crippen MR) is 119 cm³/mol. The molecule has 2 aromatic rings. The molecule has 1 aromatic carbocycles. The van der Waals surface area contributed by atoms with Crippen LogP contribution in [0.3, 0.4) is 0 Å². The zero-order chi connectivity index (χ0) is 19.8. The van der Waals surface area contributed by atoms with Crippen LogP contribution < -0.4 is 14.8 Å². The number of hydrogen-bond donors (Lipinski definition) is 1. The monoisotopic (exact) mass is 411 g/mol. The minimum atomic E-state index is 0.544. The lowest BCUT2D eigenvalue weighted by Crippen LogP contribution is -2.54. The van der Waals surface area contributed by atoms with E-state index in [4.69, 9.17) is 9.47 Å². The quantitative estimate of drug-likeness (QED) is 0.575. The highest BCUT2D eigenvalue weighted by molar-refractivity contribution is 7.09. The maximum atomic E-state index is 5.98. The Bertz CT molecular complexity index is 796. The Morgan fingerprint density at radius 1 is 1.07 bits per heavy atom. The Kier molecular flexibility index (Phi) is 5.34. The lowest BCUT2D eigenvalue weighted by atomic mass is 9.48. The largest absolute Gasteiger partial charge is 0.493 e. The van der Waals surface area contributed by atoms with Crippen molar-refractivity contribution in [1.82, 2.24) is 5.32 Å². The summed E-state index contributed by atoms with van der Waals surface area (Å²) in [6.07, 6.45) is 8.88. The Balaban J connectivity index is 1.21. The molecule has 156 valence electrons. The van der Waals surface area contributed by atoms with Gasteiger partial charge in [-0.25, -0.2) is 0 Å². The van der Waals surface area contributed by atoms with Crippen LogP contribution in [0.4, 0.5) is 0 Å². The van der Waals surface area contributed by atoms with Crippen LogP contribution in [0.25, 0.3) is 0 Å². The fourth-order valence-corrected chi connectivity index (χ4v) is 7.30. The van der Waals surface area contributed by atoms with E-state index in [0.29, 0.717) is 18.1 Å². The molecule has 4 saturated carbocycles. The number of benzene rings is 1. The van der Waals surface area contributed by atoms with E-state index in [-0.39, 0.29) is 0 Å². The van der Waals surface area contributed by atoms with Gasteiger partial charge in [0, 0.05) is 17.5 Å². The van der Waals surface area contributed by atoms with Gasteiger partial charge in [0.1, 0.15) is 6.61 Å². The van der Waals surface area contributed by atoms with E-state index in [0.717, 1.165) is 35.8 Å².